The molecule has 88 valence electrons. The third-order valence-electron chi connectivity index (χ3n) is 2.03. The molecular formula is C10H21N3O2. The van der Waals surface area contributed by atoms with Crippen LogP contribution in [0.1, 0.15) is 38.5 Å². The summed E-state index contributed by atoms with van der Waals surface area (Å²) in [6.07, 6.45) is 4.19. The average molecular weight is 215 g/mol. The monoisotopic (exact) mass is 215 g/mol. The largest absolute Gasteiger partial charge is 0.370 e. The molecule has 0 bridgehead atoms. The number of nitrogens with two attached hydrogens (primary N) is 2. The minimum Gasteiger partial charge on any atom is -0.370 e. The number of carbonyl (C=O) groups excluding carboxylic acids is 2. The van der Waals surface area contributed by atoms with Gasteiger partial charge in [0.05, 0.1) is 0 Å². The highest BCUT2D eigenvalue weighted by molar-refractivity contribution is 5.75. The second-order valence-corrected chi connectivity index (χ2v) is 3.52. The predicted octanol–water partition coefficient (Wildman–Crippen LogP) is -0.113. The first-order valence-corrected chi connectivity index (χ1v) is 5.42. The zero-order chi connectivity index (χ0) is 11.5. The smallest absolute Gasteiger partial charge is 0.219 e. The fourth-order valence-corrected chi connectivity index (χ4v) is 1.18. The summed E-state index contributed by atoms with van der Waals surface area (Å²) < 4.78 is 0. The van der Waals surface area contributed by atoms with Gasteiger partial charge in [0.1, 0.15) is 0 Å². The van der Waals surface area contributed by atoms with Crippen molar-refractivity contribution in [2.45, 2.75) is 38.5 Å². The zero-order valence-electron chi connectivity index (χ0n) is 9.13. The van der Waals surface area contributed by atoms with Crippen LogP contribution in [0.15, 0.2) is 0 Å². The first kappa shape index (κ1) is 13.9. The van der Waals surface area contributed by atoms with E-state index in [2.05, 4.69) is 5.32 Å². The summed E-state index contributed by atoms with van der Waals surface area (Å²) in [5.41, 5.74) is 10.3. The molecule has 0 aliphatic rings. The van der Waals surface area contributed by atoms with Crippen LogP contribution in [-0.4, -0.2) is 24.9 Å². The average Bonchev–Trinajstić information content (AvgIpc) is 2.17. The van der Waals surface area contributed by atoms with Gasteiger partial charge >= 0.3 is 0 Å². The Morgan fingerprint density at radius 1 is 1.00 bits per heavy atom. The van der Waals surface area contributed by atoms with Crippen LogP contribution in [0, 0.1) is 0 Å². The fraction of sp³-hybridized carbons (Fsp3) is 0.800. The predicted molar refractivity (Wildman–Crippen MR) is 59.0 cm³/mol. The van der Waals surface area contributed by atoms with Crippen LogP contribution in [0.25, 0.3) is 0 Å². The fourth-order valence-electron chi connectivity index (χ4n) is 1.18. The Labute approximate surface area is 90.6 Å². The van der Waals surface area contributed by atoms with Crippen LogP contribution in [0.3, 0.4) is 0 Å². The van der Waals surface area contributed by atoms with Gasteiger partial charge in [-0.1, -0.05) is 6.42 Å². The van der Waals surface area contributed by atoms with E-state index in [1.807, 2.05) is 0 Å². The van der Waals surface area contributed by atoms with Crippen molar-refractivity contribution in [3.8, 4) is 0 Å². The van der Waals surface area contributed by atoms with E-state index in [4.69, 9.17) is 11.5 Å². The standard InChI is InChI=1S/C10H21N3O2/c11-7-4-8-13-10(15)6-3-1-2-5-9(12)14/h1-8,11H2,(H2,12,14)(H,13,15). The Morgan fingerprint density at radius 2 is 1.67 bits per heavy atom. The first-order valence-electron chi connectivity index (χ1n) is 5.42. The third-order valence-corrected chi connectivity index (χ3v) is 2.03. The third kappa shape index (κ3) is 10.8. The molecule has 0 aliphatic heterocycles. The number of primary amides is 1. The van der Waals surface area contributed by atoms with E-state index in [0.29, 0.717) is 25.9 Å². The van der Waals surface area contributed by atoms with Gasteiger partial charge in [-0.25, -0.2) is 0 Å². The molecule has 0 aromatic carbocycles. The Hall–Kier alpha value is -1.10. The van der Waals surface area contributed by atoms with E-state index in [1.54, 1.807) is 0 Å². The van der Waals surface area contributed by atoms with Crippen molar-refractivity contribution < 1.29 is 9.59 Å². The van der Waals surface area contributed by atoms with Crippen LogP contribution in [0.5, 0.6) is 0 Å². The summed E-state index contributed by atoms with van der Waals surface area (Å²) in [5, 5.41) is 2.77. The van der Waals surface area contributed by atoms with Crippen LogP contribution in [0.2, 0.25) is 0 Å². The molecule has 2 amide bonds. The molecule has 0 saturated heterocycles. The summed E-state index contributed by atoms with van der Waals surface area (Å²) in [6, 6.07) is 0. The van der Waals surface area contributed by atoms with Crippen molar-refractivity contribution >= 4 is 11.8 Å². The lowest BCUT2D eigenvalue weighted by Gasteiger charge is -2.03. The molecule has 0 radical (unpaired) electrons. The number of amides is 2. The minimum absolute atomic E-state index is 0.0579. The lowest BCUT2D eigenvalue weighted by atomic mass is 10.1. The topological polar surface area (TPSA) is 98.2 Å². The van der Waals surface area contributed by atoms with Gasteiger partial charge < -0.3 is 16.8 Å². The lowest BCUT2D eigenvalue weighted by molar-refractivity contribution is -0.121. The maximum Gasteiger partial charge on any atom is 0.219 e. The van der Waals surface area contributed by atoms with Gasteiger partial charge in [-0.3, -0.25) is 9.59 Å². The number of hydrogen-bond acceptors (Lipinski definition) is 3. The molecule has 0 aromatic rings. The molecule has 15 heavy (non-hydrogen) atoms. The molecule has 5 N–H and O–H groups in total. The zero-order valence-corrected chi connectivity index (χ0v) is 9.13. The number of nitrogens with one attached hydrogen (secondary N) is 1. The van der Waals surface area contributed by atoms with Gasteiger partial charge in [0, 0.05) is 19.4 Å². The number of unbranched alkanes of at least 4 members (excludes halogenated alkanes) is 2. The Balaban J connectivity index is 3.20. The highest BCUT2D eigenvalue weighted by Gasteiger charge is 2.00. The van der Waals surface area contributed by atoms with Gasteiger partial charge in [0.25, 0.3) is 0 Å². The van der Waals surface area contributed by atoms with E-state index in [-0.39, 0.29) is 11.8 Å². The van der Waals surface area contributed by atoms with Crippen LogP contribution in [-0.2, 0) is 9.59 Å². The maximum atomic E-state index is 11.2. The summed E-state index contributed by atoms with van der Waals surface area (Å²) in [4.78, 5) is 21.6. The molecule has 0 aliphatic carbocycles. The first-order chi connectivity index (χ1) is 7.16. The second kappa shape index (κ2) is 9.45. The quantitative estimate of drug-likeness (QED) is 0.468. The van der Waals surface area contributed by atoms with Gasteiger partial charge in [0.15, 0.2) is 0 Å². The molecule has 5 heteroatoms. The Morgan fingerprint density at radius 3 is 2.27 bits per heavy atom. The molecule has 5 nitrogen and oxygen atoms in total. The molecule has 0 saturated carbocycles. The Kier molecular flexibility index (Phi) is 8.76. The molecule has 0 unspecified atom stereocenters. The summed E-state index contributed by atoms with van der Waals surface area (Å²) >= 11 is 0. The normalized spacial score (nSPS) is 9.93. The number of carbonyl (C=O) groups is 2. The van der Waals surface area contributed by atoms with E-state index >= 15 is 0 Å². The van der Waals surface area contributed by atoms with Gasteiger partial charge in [-0.05, 0) is 25.8 Å². The van der Waals surface area contributed by atoms with Crippen LogP contribution < -0.4 is 16.8 Å². The van der Waals surface area contributed by atoms with Crippen molar-refractivity contribution in [2.75, 3.05) is 13.1 Å². The van der Waals surface area contributed by atoms with Crippen LogP contribution in [0.4, 0.5) is 0 Å². The van der Waals surface area contributed by atoms with E-state index in [1.165, 1.54) is 0 Å². The Bertz CT molecular complexity index is 195. The minimum atomic E-state index is -0.276. The molecule has 0 fully saturated rings. The molecule has 0 rings (SSSR count). The number of hydrogen-bond donors (Lipinski definition) is 3. The van der Waals surface area contributed by atoms with Crippen molar-refractivity contribution in [3.05, 3.63) is 0 Å². The van der Waals surface area contributed by atoms with Crippen LogP contribution >= 0.6 is 0 Å². The van der Waals surface area contributed by atoms with Crippen molar-refractivity contribution in [1.82, 2.24) is 5.32 Å². The van der Waals surface area contributed by atoms with Crippen molar-refractivity contribution in [2.24, 2.45) is 11.5 Å². The molecule has 0 spiro atoms. The molecule has 0 atom stereocenters. The molecule has 0 aromatic heterocycles. The number of rotatable bonds is 9. The van der Waals surface area contributed by atoms with Gasteiger partial charge in [-0.15, -0.1) is 0 Å². The molecule has 0 heterocycles. The van der Waals surface area contributed by atoms with Gasteiger partial charge in [-0.2, -0.15) is 0 Å². The highest BCUT2D eigenvalue weighted by atomic mass is 16.1. The molecular weight excluding hydrogens is 194 g/mol. The lowest BCUT2D eigenvalue weighted by Crippen LogP contribution is -2.25. The van der Waals surface area contributed by atoms with E-state index in [0.717, 1.165) is 25.7 Å². The highest BCUT2D eigenvalue weighted by Crippen LogP contribution is 2.02. The second-order valence-electron chi connectivity index (χ2n) is 3.52. The maximum absolute atomic E-state index is 11.2. The SMILES string of the molecule is NCCCNC(=O)CCCCCC(N)=O. The van der Waals surface area contributed by atoms with Gasteiger partial charge in [0.2, 0.25) is 11.8 Å². The summed E-state index contributed by atoms with van der Waals surface area (Å²) in [6.45, 7) is 1.25. The van der Waals surface area contributed by atoms with Crippen molar-refractivity contribution in [3.63, 3.8) is 0 Å². The summed E-state index contributed by atoms with van der Waals surface area (Å²) in [5.74, 6) is -0.218. The summed E-state index contributed by atoms with van der Waals surface area (Å²) in [7, 11) is 0. The van der Waals surface area contributed by atoms with E-state index in [9.17, 15) is 9.59 Å². The van der Waals surface area contributed by atoms with E-state index < -0.39 is 0 Å². The van der Waals surface area contributed by atoms with Crippen molar-refractivity contribution in [1.29, 1.82) is 0 Å².